The predicted octanol–water partition coefficient (Wildman–Crippen LogP) is 1.85. The summed E-state index contributed by atoms with van der Waals surface area (Å²) in [6.45, 7) is 3.28. The van der Waals surface area contributed by atoms with Gasteiger partial charge in [-0.25, -0.2) is 0 Å². The zero-order chi connectivity index (χ0) is 7.65. The van der Waals surface area contributed by atoms with E-state index in [-0.39, 0.29) is 0 Å². The van der Waals surface area contributed by atoms with Crippen molar-refractivity contribution in [3.05, 3.63) is 0 Å². The first-order valence-electron chi connectivity index (χ1n) is 2.41. The van der Waals surface area contributed by atoms with Crippen molar-refractivity contribution in [2.75, 3.05) is 0 Å². The molecule has 0 heterocycles. The third kappa shape index (κ3) is 3.06. The zero-order valence-corrected chi connectivity index (χ0v) is 7.53. The van der Waals surface area contributed by atoms with E-state index >= 15 is 0 Å². The Labute approximate surface area is 67.3 Å². The van der Waals surface area contributed by atoms with Crippen LogP contribution < -0.4 is 0 Å². The van der Waals surface area contributed by atoms with Crippen LogP contribution in [0.1, 0.15) is 13.8 Å². The molecule has 2 nitrogen and oxygen atoms in total. The van der Waals surface area contributed by atoms with Gasteiger partial charge in [-0.3, -0.25) is 4.79 Å². The normalized spacial score (nSPS) is 15.1. The maximum absolute atomic E-state index is 10.2. The number of carbonyl (C=O) groups is 1. The average molecular weight is 215 g/mol. The van der Waals surface area contributed by atoms with Gasteiger partial charge < -0.3 is 5.11 Å². The number of carboxylic acids is 1. The summed E-state index contributed by atoms with van der Waals surface area (Å²) in [7, 11) is 0. The van der Waals surface area contributed by atoms with E-state index in [9.17, 15) is 4.79 Å². The third-order valence-corrected chi connectivity index (χ3v) is 2.84. The van der Waals surface area contributed by atoms with Gasteiger partial charge in [-0.05, 0) is 13.8 Å². The molecule has 54 valence electrons. The molecule has 0 aliphatic rings. The molecule has 0 bridgehead atoms. The van der Waals surface area contributed by atoms with E-state index in [1.54, 1.807) is 13.8 Å². The Kier molecular flexibility index (Phi) is 2.96. The second kappa shape index (κ2) is 2.88. The fourth-order valence-electron chi connectivity index (χ4n) is 0.294. The average Bonchev–Trinajstić information content (AvgIpc) is 1.62. The first-order chi connectivity index (χ1) is 3.85. The van der Waals surface area contributed by atoms with Gasteiger partial charge in [0.25, 0.3) is 0 Å². The number of aliphatic carboxylic acids is 1. The molecule has 1 atom stereocenters. The molecule has 1 unspecified atom stereocenters. The molecule has 0 amide bonds. The molecule has 0 aliphatic carbocycles. The second-order valence-corrected chi connectivity index (χ2v) is 4.16. The molecule has 0 rings (SSSR count). The van der Waals surface area contributed by atoms with Crippen LogP contribution in [0.5, 0.6) is 0 Å². The molecular weight excluding hydrogens is 207 g/mol. The van der Waals surface area contributed by atoms with Crippen molar-refractivity contribution in [1.29, 1.82) is 0 Å². The van der Waals surface area contributed by atoms with Crippen LogP contribution in [0, 0.1) is 0 Å². The highest BCUT2D eigenvalue weighted by atomic mass is 79.9. The molecule has 0 aliphatic heterocycles. The van der Waals surface area contributed by atoms with Crippen LogP contribution in [0.25, 0.3) is 0 Å². The summed E-state index contributed by atoms with van der Waals surface area (Å²) in [5.74, 6) is -0.935. The SMILES string of the molecule is CC(C)(Cl)C(Br)C(=O)O. The summed E-state index contributed by atoms with van der Waals surface area (Å²) < 4.78 is 0. The molecule has 9 heavy (non-hydrogen) atoms. The Morgan fingerprint density at radius 2 is 2.11 bits per heavy atom. The van der Waals surface area contributed by atoms with Crippen molar-refractivity contribution in [3.63, 3.8) is 0 Å². The zero-order valence-electron chi connectivity index (χ0n) is 5.19. The highest BCUT2D eigenvalue weighted by Crippen LogP contribution is 2.24. The molecule has 0 saturated carbocycles. The minimum Gasteiger partial charge on any atom is -0.480 e. The van der Waals surface area contributed by atoms with Gasteiger partial charge in [0.2, 0.25) is 0 Å². The molecule has 0 aromatic heterocycles. The van der Waals surface area contributed by atoms with Crippen LogP contribution >= 0.6 is 27.5 Å². The van der Waals surface area contributed by atoms with E-state index in [4.69, 9.17) is 16.7 Å². The molecule has 4 heteroatoms. The Bertz CT molecular complexity index is 119. The summed E-state index contributed by atoms with van der Waals surface area (Å²) >= 11 is 8.58. The van der Waals surface area contributed by atoms with Crippen LogP contribution in [0.2, 0.25) is 0 Å². The van der Waals surface area contributed by atoms with Crippen molar-refractivity contribution in [2.45, 2.75) is 23.5 Å². The Balaban J connectivity index is 4.04. The highest BCUT2D eigenvalue weighted by Gasteiger charge is 2.30. The first-order valence-corrected chi connectivity index (χ1v) is 3.71. The van der Waals surface area contributed by atoms with Gasteiger partial charge in [0.1, 0.15) is 4.83 Å². The fourth-order valence-corrected chi connectivity index (χ4v) is 0.387. The fraction of sp³-hybridized carbons (Fsp3) is 0.800. The van der Waals surface area contributed by atoms with E-state index in [1.807, 2.05) is 0 Å². The molecule has 1 N–H and O–H groups in total. The molecule has 0 spiro atoms. The van der Waals surface area contributed by atoms with Gasteiger partial charge in [0, 0.05) is 0 Å². The Hall–Kier alpha value is 0.240. The second-order valence-electron chi connectivity index (χ2n) is 2.27. The lowest BCUT2D eigenvalue weighted by molar-refractivity contribution is -0.136. The number of halogens is 2. The number of alkyl halides is 2. The minimum absolute atomic E-state index is 0.688. The molecule has 0 saturated heterocycles. The van der Waals surface area contributed by atoms with E-state index in [0.29, 0.717) is 0 Å². The summed E-state index contributed by atoms with van der Waals surface area (Å²) in [5.41, 5.74) is 0. The molecule has 0 aromatic rings. The topological polar surface area (TPSA) is 37.3 Å². The van der Waals surface area contributed by atoms with Crippen LogP contribution in [0.15, 0.2) is 0 Å². The lowest BCUT2D eigenvalue weighted by atomic mass is 10.1. The minimum atomic E-state index is -0.935. The standard InChI is InChI=1S/C5H8BrClO2/c1-5(2,7)3(6)4(8)9/h3H,1-2H3,(H,8,9). The first kappa shape index (κ1) is 9.24. The van der Waals surface area contributed by atoms with Crippen molar-refractivity contribution >= 4 is 33.5 Å². The number of hydrogen-bond acceptors (Lipinski definition) is 1. The Morgan fingerprint density at radius 3 is 2.11 bits per heavy atom. The monoisotopic (exact) mass is 214 g/mol. The number of hydrogen-bond donors (Lipinski definition) is 1. The molecule has 0 fully saturated rings. The van der Waals surface area contributed by atoms with Crippen LogP contribution in [0.4, 0.5) is 0 Å². The van der Waals surface area contributed by atoms with Gasteiger partial charge >= 0.3 is 5.97 Å². The van der Waals surface area contributed by atoms with E-state index in [0.717, 1.165) is 0 Å². The predicted molar refractivity (Wildman–Crippen MR) is 40.3 cm³/mol. The van der Waals surface area contributed by atoms with Gasteiger partial charge in [-0.15, -0.1) is 11.6 Å². The molecule has 0 radical (unpaired) electrons. The van der Waals surface area contributed by atoms with E-state index < -0.39 is 15.7 Å². The summed E-state index contributed by atoms with van der Waals surface area (Å²) in [6, 6.07) is 0. The maximum atomic E-state index is 10.2. The van der Waals surface area contributed by atoms with Crippen molar-refractivity contribution in [2.24, 2.45) is 0 Å². The van der Waals surface area contributed by atoms with Crippen LogP contribution in [-0.4, -0.2) is 20.8 Å². The van der Waals surface area contributed by atoms with Gasteiger partial charge in [-0.2, -0.15) is 0 Å². The Morgan fingerprint density at radius 1 is 1.78 bits per heavy atom. The summed E-state index contributed by atoms with van der Waals surface area (Å²) in [5, 5.41) is 8.39. The molecule has 0 aromatic carbocycles. The summed E-state index contributed by atoms with van der Waals surface area (Å²) in [6.07, 6.45) is 0. The largest absolute Gasteiger partial charge is 0.480 e. The third-order valence-electron chi connectivity index (χ3n) is 0.820. The van der Waals surface area contributed by atoms with Gasteiger partial charge in [0.15, 0.2) is 0 Å². The smallest absolute Gasteiger partial charge is 0.319 e. The quantitative estimate of drug-likeness (QED) is 0.714. The van der Waals surface area contributed by atoms with Crippen molar-refractivity contribution in [3.8, 4) is 0 Å². The van der Waals surface area contributed by atoms with Crippen LogP contribution in [0.3, 0.4) is 0 Å². The van der Waals surface area contributed by atoms with Gasteiger partial charge in [0.05, 0.1) is 4.87 Å². The van der Waals surface area contributed by atoms with Crippen molar-refractivity contribution in [1.82, 2.24) is 0 Å². The van der Waals surface area contributed by atoms with Gasteiger partial charge in [-0.1, -0.05) is 15.9 Å². The maximum Gasteiger partial charge on any atom is 0.319 e. The summed E-state index contributed by atoms with van der Waals surface area (Å²) in [4.78, 5) is 8.80. The van der Waals surface area contributed by atoms with E-state index in [2.05, 4.69) is 15.9 Å². The number of carboxylic acid groups (broad SMARTS) is 1. The van der Waals surface area contributed by atoms with Crippen molar-refractivity contribution < 1.29 is 9.90 Å². The highest BCUT2D eigenvalue weighted by molar-refractivity contribution is 9.10. The van der Waals surface area contributed by atoms with E-state index in [1.165, 1.54) is 0 Å². The molecular formula is C5H8BrClO2. The van der Waals surface area contributed by atoms with Crippen LogP contribution in [-0.2, 0) is 4.79 Å². The lowest BCUT2D eigenvalue weighted by Gasteiger charge is -2.18. The lowest BCUT2D eigenvalue weighted by Crippen LogP contribution is -2.32. The number of rotatable bonds is 2.